The minimum absolute atomic E-state index is 0.0404. The number of nitrogens with zero attached hydrogens (tertiary/aromatic N) is 2. The summed E-state index contributed by atoms with van der Waals surface area (Å²) >= 11 is 0. The normalized spacial score (nSPS) is 29.6. The molecular formula is C15H26N4O. The molecule has 2 aliphatic heterocycles. The van der Waals surface area contributed by atoms with Crippen LogP contribution in [0.2, 0.25) is 0 Å². The standard InChI is InChI=1S/C15H26N4O/c1-11(2)15(3,10-16)18-14(20)9-19-7-12-5-4-6-17-13(12)8-19/h11-13,17H,4-9H2,1-3H3,(H,18,20)/t12-,13+,15?/m0/s1. The minimum atomic E-state index is -0.776. The smallest absolute Gasteiger partial charge is 0.235 e. The number of fused-ring (bicyclic) bond motifs is 1. The highest BCUT2D eigenvalue weighted by Crippen LogP contribution is 2.24. The van der Waals surface area contributed by atoms with Gasteiger partial charge in [-0.2, -0.15) is 5.26 Å². The van der Waals surface area contributed by atoms with Crippen molar-refractivity contribution in [1.82, 2.24) is 15.5 Å². The van der Waals surface area contributed by atoms with Crippen molar-refractivity contribution in [2.24, 2.45) is 11.8 Å². The number of hydrogen-bond donors (Lipinski definition) is 2. The largest absolute Gasteiger partial charge is 0.337 e. The van der Waals surface area contributed by atoms with Gasteiger partial charge in [-0.15, -0.1) is 0 Å². The second kappa shape index (κ2) is 6.11. The molecule has 112 valence electrons. The predicted molar refractivity (Wildman–Crippen MR) is 78.0 cm³/mol. The van der Waals surface area contributed by atoms with E-state index in [9.17, 15) is 10.1 Å². The average molecular weight is 278 g/mol. The summed E-state index contributed by atoms with van der Waals surface area (Å²) in [6.45, 7) is 9.15. The third-order valence-corrected chi connectivity index (χ3v) is 4.83. The zero-order valence-electron chi connectivity index (χ0n) is 12.8. The second-order valence-corrected chi connectivity index (χ2v) is 6.67. The second-order valence-electron chi connectivity index (χ2n) is 6.67. The first-order chi connectivity index (χ1) is 9.44. The number of rotatable bonds is 4. The van der Waals surface area contributed by atoms with Crippen molar-refractivity contribution in [3.05, 3.63) is 0 Å². The molecule has 2 aliphatic rings. The number of amides is 1. The van der Waals surface area contributed by atoms with Gasteiger partial charge in [0.05, 0.1) is 12.6 Å². The van der Waals surface area contributed by atoms with Gasteiger partial charge in [-0.1, -0.05) is 13.8 Å². The van der Waals surface area contributed by atoms with Crippen LogP contribution in [0, 0.1) is 23.2 Å². The summed E-state index contributed by atoms with van der Waals surface area (Å²) in [5.74, 6) is 0.740. The molecule has 2 fully saturated rings. The van der Waals surface area contributed by atoms with E-state index in [-0.39, 0.29) is 11.8 Å². The number of hydrogen-bond acceptors (Lipinski definition) is 4. The predicted octanol–water partition coefficient (Wildman–Crippen LogP) is 0.725. The molecule has 0 aromatic carbocycles. The Hall–Kier alpha value is -1.12. The molecule has 3 atom stereocenters. The number of likely N-dealkylation sites (tertiary alicyclic amines) is 1. The van der Waals surface area contributed by atoms with E-state index in [1.807, 2.05) is 13.8 Å². The van der Waals surface area contributed by atoms with Gasteiger partial charge < -0.3 is 10.6 Å². The monoisotopic (exact) mass is 278 g/mol. The molecule has 20 heavy (non-hydrogen) atoms. The Bertz CT molecular complexity index is 389. The van der Waals surface area contributed by atoms with Crippen molar-refractivity contribution in [1.29, 1.82) is 5.26 Å². The van der Waals surface area contributed by atoms with E-state index in [1.54, 1.807) is 6.92 Å². The van der Waals surface area contributed by atoms with Gasteiger partial charge in [0.2, 0.25) is 5.91 Å². The topological polar surface area (TPSA) is 68.2 Å². The lowest BCUT2D eigenvalue weighted by atomic mass is 9.90. The summed E-state index contributed by atoms with van der Waals surface area (Å²) in [7, 11) is 0. The van der Waals surface area contributed by atoms with Crippen molar-refractivity contribution in [2.45, 2.75) is 45.2 Å². The highest BCUT2D eigenvalue weighted by molar-refractivity contribution is 5.79. The van der Waals surface area contributed by atoms with E-state index in [1.165, 1.54) is 12.8 Å². The number of nitriles is 1. The maximum Gasteiger partial charge on any atom is 0.235 e. The van der Waals surface area contributed by atoms with Gasteiger partial charge in [-0.3, -0.25) is 9.69 Å². The lowest BCUT2D eigenvalue weighted by Gasteiger charge is -2.28. The molecule has 0 spiro atoms. The van der Waals surface area contributed by atoms with Crippen LogP contribution < -0.4 is 10.6 Å². The van der Waals surface area contributed by atoms with Crippen LogP contribution in [0.5, 0.6) is 0 Å². The summed E-state index contributed by atoms with van der Waals surface area (Å²) in [5, 5.41) is 15.7. The van der Waals surface area contributed by atoms with Crippen molar-refractivity contribution < 1.29 is 4.79 Å². The Balaban J connectivity index is 1.85. The molecule has 0 aliphatic carbocycles. The zero-order chi connectivity index (χ0) is 14.8. The van der Waals surface area contributed by atoms with Gasteiger partial charge in [0.25, 0.3) is 0 Å². The quantitative estimate of drug-likeness (QED) is 0.795. The maximum absolute atomic E-state index is 12.2. The Morgan fingerprint density at radius 3 is 2.90 bits per heavy atom. The van der Waals surface area contributed by atoms with Crippen molar-refractivity contribution >= 4 is 5.91 Å². The number of carbonyl (C=O) groups is 1. The van der Waals surface area contributed by atoms with Crippen molar-refractivity contribution in [3.63, 3.8) is 0 Å². The molecule has 2 N–H and O–H groups in total. The number of nitrogens with one attached hydrogen (secondary N) is 2. The van der Waals surface area contributed by atoms with Crippen LogP contribution in [0.4, 0.5) is 0 Å². The molecule has 0 bridgehead atoms. The average Bonchev–Trinajstić information content (AvgIpc) is 2.79. The Morgan fingerprint density at radius 1 is 1.55 bits per heavy atom. The van der Waals surface area contributed by atoms with Crippen molar-refractivity contribution in [3.8, 4) is 6.07 Å². The molecule has 2 heterocycles. The van der Waals surface area contributed by atoms with Crippen LogP contribution >= 0.6 is 0 Å². The fourth-order valence-electron chi connectivity index (χ4n) is 3.10. The Labute approximate surface area is 121 Å². The van der Waals surface area contributed by atoms with Crippen LogP contribution in [0.3, 0.4) is 0 Å². The van der Waals surface area contributed by atoms with Gasteiger partial charge in [0.1, 0.15) is 5.54 Å². The highest BCUT2D eigenvalue weighted by atomic mass is 16.2. The van der Waals surface area contributed by atoms with Gasteiger partial charge in [0, 0.05) is 19.1 Å². The number of carbonyl (C=O) groups excluding carboxylic acids is 1. The Kier molecular flexibility index (Phi) is 4.66. The highest BCUT2D eigenvalue weighted by Gasteiger charge is 2.36. The molecule has 2 saturated heterocycles. The first-order valence-electron chi connectivity index (χ1n) is 7.62. The molecule has 2 rings (SSSR count). The van der Waals surface area contributed by atoms with Crippen molar-refractivity contribution in [2.75, 3.05) is 26.2 Å². The summed E-state index contributed by atoms with van der Waals surface area (Å²) in [6.07, 6.45) is 2.50. The van der Waals surface area contributed by atoms with Gasteiger partial charge in [0.15, 0.2) is 0 Å². The molecule has 0 radical (unpaired) electrons. The lowest BCUT2D eigenvalue weighted by Crippen LogP contribution is -2.51. The molecular weight excluding hydrogens is 252 g/mol. The van der Waals surface area contributed by atoms with E-state index in [0.717, 1.165) is 19.6 Å². The zero-order valence-corrected chi connectivity index (χ0v) is 12.8. The minimum Gasteiger partial charge on any atom is -0.337 e. The van der Waals surface area contributed by atoms with Crippen LogP contribution in [0.15, 0.2) is 0 Å². The van der Waals surface area contributed by atoms with E-state index < -0.39 is 5.54 Å². The summed E-state index contributed by atoms with van der Waals surface area (Å²) < 4.78 is 0. The van der Waals surface area contributed by atoms with Crippen LogP contribution in [0.25, 0.3) is 0 Å². The third kappa shape index (κ3) is 3.31. The molecule has 5 nitrogen and oxygen atoms in total. The van der Waals surface area contributed by atoms with Crippen LogP contribution in [0.1, 0.15) is 33.6 Å². The number of piperidine rings is 1. The molecule has 0 saturated carbocycles. The van der Waals surface area contributed by atoms with E-state index in [4.69, 9.17) is 0 Å². The summed E-state index contributed by atoms with van der Waals surface area (Å²) in [6, 6.07) is 2.77. The lowest BCUT2D eigenvalue weighted by molar-refractivity contribution is -0.123. The van der Waals surface area contributed by atoms with E-state index in [0.29, 0.717) is 18.5 Å². The SMILES string of the molecule is CC(C)C(C)(C#N)NC(=O)CN1C[C@@H]2CCCN[C@@H]2C1. The summed E-state index contributed by atoms with van der Waals surface area (Å²) in [4.78, 5) is 14.4. The van der Waals surface area contributed by atoms with Gasteiger partial charge in [-0.25, -0.2) is 0 Å². The van der Waals surface area contributed by atoms with Crippen LogP contribution in [-0.2, 0) is 4.79 Å². The first-order valence-corrected chi connectivity index (χ1v) is 7.62. The first kappa shape index (κ1) is 15.3. The van der Waals surface area contributed by atoms with Gasteiger partial charge in [-0.05, 0) is 38.1 Å². The molecule has 1 unspecified atom stereocenters. The van der Waals surface area contributed by atoms with Crippen LogP contribution in [-0.4, -0.2) is 48.6 Å². The summed E-state index contributed by atoms with van der Waals surface area (Å²) in [5.41, 5.74) is -0.776. The third-order valence-electron chi connectivity index (χ3n) is 4.83. The van der Waals surface area contributed by atoms with E-state index >= 15 is 0 Å². The molecule has 0 aromatic heterocycles. The fourth-order valence-corrected chi connectivity index (χ4v) is 3.10. The molecule has 1 amide bonds. The van der Waals surface area contributed by atoms with Gasteiger partial charge >= 0.3 is 0 Å². The Morgan fingerprint density at radius 2 is 2.30 bits per heavy atom. The molecule has 5 heteroatoms. The molecule has 0 aromatic rings. The van der Waals surface area contributed by atoms with E-state index in [2.05, 4.69) is 21.6 Å². The maximum atomic E-state index is 12.2. The fraction of sp³-hybridized carbons (Fsp3) is 0.867.